The molecule has 0 amide bonds. The Morgan fingerprint density at radius 1 is 1.62 bits per heavy atom. The normalized spacial score (nSPS) is 21.9. The van der Waals surface area contributed by atoms with Crippen LogP contribution in [0.3, 0.4) is 0 Å². The summed E-state index contributed by atoms with van der Waals surface area (Å²) in [7, 11) is 0. The quantitative estimate of drug-likeness (QED) is 0.696. The molecule has 1 unspecified atom stereocenters. The van der Waals surface area contributed by atoms with E-state index in [0.717, 1.165) is 9.35 Å². The van der Waals surface area contributed by atoms with E-state index in [-0.39, 0.29) is 11.2 Å². The Hall–Kier alpha value is -0.620. The summed E-state index contributed by atoms with van der Waals surface area (Å²) in [5.74, 6) is -0.112. The van der Waals surface area contributed by atoms with Crippen molar-refractivity contribution in [2.45, 2.75) is 22.9 Å². The van der Waals surface area contributed by atoms with Crippen molar-refractivity contribution in [3.8, 4) is 0 Å². The number of esters is 1. The molecule has 2 heterocycles. The van der Waals surface area contributed by atoms with E-state index in [1.807, 2.05) is 6.92 Å². The number of nitrogens with zero attached hydrogens (tertiary/aromatic N) is 2. The molecular formula is C7H8N2O2S2. The maximum Gasteiger partial charge on any atom is 0.307 e. The zero-order chi connectivity index (χ0) is 9.26. The van der Waals surface area contributed by atoms with Gasteiger partial charge in [0, 0.05) is 0 Å². The topological polar surface area (TPSA) is 52.1 Å². The fraction of sp³-hybridized carbons (Fsp3) is 0.571. The van der Waals surface area contributed by atoms with Gasteiger partial charge < -0.3 is 4.74 Å². The van der Waals surface area contributed by atoms with E-state index >= 15 is 0 Å². The van der Waals surface area contributed by atoms with Crippen molar-refractivity contribution in [1.29, 1.82) is 0 Å². The van der Waals surface area contributed by atoms with E-state index in [1.165, 1.54) is 0 Å². The highest BCUT2D eigenvalue weighted by Gasteiger charge is 2.25. The second-order valence-electron chi connectivity index (χ2n) is 2.71. The van der Waals surface area contributed by atoms with Gasteiger partial charge in [-0.25, -0.2) is 0 Å². The highest BCUT2D eigenvalue weighted by Crippen LogP contribution is 2.30. The van der Waals surface area contributed by atoms with E-state index < -0.39 is 0 Å². The van der Waals surface area contributed by atoms with Crippen LogP contribution < -0.4 is 0 Å². The first-order chi connectivity index (χ1) is 6.24. The fourth-order valence-corrected chi connectivity index (χ4v) is 3.14. The molecule has 0 spiro atoms. The van der Waals surface area contributed by atoms with Gasteiger partial charge in [-0.2, -0.15) is 0 Å². The zero-order valence-electron chi connectivity index (χ0n) is 7.02. The van der Waals surface area contributed by atoms with Gasteiger partial charge in [0.1, 0.15) is 11.6 Å². The lowest BCUT2D eigenvalue weighted by molar-refractivity contribution is -0.137. The van der Waals surface area contributed by atoms with Crippen LogP contribution in [-0.2, 0) is 9.53 Å². The van der Waals surface area contributed by atoms with Gasteiger partial charge in [-0.3, -0.25) is 4.79 Å². The van der Waals surface area contributed by atoms with Crippen molar-refractivity contribution in [2.75, 3.05) is 6.61 Å². The van der Waals surface area contributed by atoms with Crippen molar-refractivity contribution in [1.82, 2.24) is 10.2 Å². The monoisotopic (exact) mass is 216 g/mol. The molecule has 0 N–H and O–H groups in total. The molecule has 0 aromatic carbocycles. The lowest BCUT2D eigenvalue weighted by atomic mass is 10.4. The van der Waals surface area contributed by atoms with E-state index in [1.54, 1.807) is 23.1 Å². The number of aromatic nitrogens is 2. The SMILES string of the molecule is Cc1nnc(SC2COC(=O)C2)s1. The van der Waals surface area contributed by atoms with Crippen LogP contribution in [0.25, 0.3) is 0 Å². The first-order valence-electron chi connectivity index (χ1n) is 3.86. The summed E-state index contributed by atoms with van der Waals surface area (Å²) >= 11 is 3.12. The van der Waals surface area contributed by atoms with Crippen LogP contribution >= 0.6 is 23.1 Å². The largest absolute Gasteiger partial charge is 0.464 e. The van der Waals surface area contributed by atoms with Gasteiger partial charge >= 0.3 is 5.97 Å². The zero-order valence-corrected chi connectivity index (χ0v) is 8.65. The van der Waals surface area contributed by atoms with Gasteiger partial charge in [0.2, 0.25) is 0 Å². The van der Waals surface area contributed by atoms with Gasteiger partial charge in [-0.15, -0.1) is 10.2 Å². The number of hydrogen-bond donors (Lipinski definition) is 0. The van der Waals surface area contributed by atoms with Crippen LogP contribution in [0.1, 0.15) is 11.4 Å². The molecule has 70 valence electrons. The Kier molecular flexibility index (Phi) is 2.50. The lowest BCUT2D eigenvalue weighted by Gasteiger charge is -1.99. The number of cyclic esters (lactones) is 1. The predicted octanol–water partition coefficient (Wildman–Crippen LogP) is 1.25. The fourth-order valence-electron chi connectivity index (χ4n) is 1.03. The highest BCUT2D eigenvalue weighted by molar-refractivity contribution is 8.01. The van der Waals surface area contributed by atoms with Crippen LogP contribution in [-0.4, -0.2) is 28.0 Å². The summed E-state index contributed by atoms with van der Waals surface area (Å²) in [5, 5.41) is 9.04. The summed E-state index contributed by atoms with van der Waals surface area (Å²) < 4.78 is 5.76. The van der Waals surface area contributed by atoms with E-state index in [4.69, 9.17) is 4.74 Å². The van der Waals surface area contributed by atoms with Crippen LogP contribution in [0.15, 0.2) is 4.34 Å². The van der Waals surface area contributed by atoms with Gasteiger partial charge in [0.25, 0.3) is 0 Å². The Balaban J connectivity index is 1.95. The van der Waals surface area contributed by atoms with Gasteiger partial charge in [-0.1, -0.05) is 23.1 Å². The average Bonchev–Trinajstić information content (AvgIpc) is 2.62. The minimum Gasteiger partial charge on any atom is -0.464 e. The van der Waals surface area contributed by atoms with Gasteiger partial charge in [0.15, 0.2) is 4.34 Å². The molecule has 0 bridgehead atoms. The first kappa shape index (κ1) is 8.96. The highest BCUT2D eigenvalue weighted by atomic mass is 32.2. The van der Waals surface area contributed by atoms with Crippen LogP contribution in [0.4, 0.5) is 0 Å². The second kappa shape index (κ2) is 3.63. The smallest absolute Gasteiger partial charge is 0.307 e. The minimum absolute atomic E-state index is 0.112. The molecule has 2 rings (SSSR count). The van der Waals surface area contributed by atoms with Crippen LogP contribution in [0, 0.1) is 6.92 Å². The van der Waals surface area contributed by atoms with Crippen molar-refractivity contribution < 1.29 is 9.53 Å². The number of thioether (sulfide) groups is 1. The summed E-state index contributed by atoms with van der Waals surface area (Å²) in [6, 6.07) is 0. The second-order valence-corrected chi connectivity index (χ2v) is 5.44. The molecule has 13 heavy (non-hydrogen) atoms. The molecule has 6 heteroatoms. The van der Waals surface area contributed by atoms with E-state index in [0.29, 0.717) is 13.0 Å². The Morgan fingerprint density at radius 2 is 2.46 bits per heavy atom. The lowest BCUT2D eigenvalue weighted by Crippen LogP contribution is -1.99. The third-order valence-electron chi connectivity index (χ3n) is 1.60. The van der Waals surface area contributed by atoms with Crippen LogP contribution in [0.5, 0.6) is 0 Å². The van der Waals surface area contributed by atoms with Gasteiger partial charge in [-0.05, 0) is 6.92 Å². The summed E-state index contributed by atoms with van der Waals surface area (Å²) in [6.07, 6.45) is 0.489. The molecule has 0 radical (unpaired) electrons. The predicted molar refractivity (Wildman–Crippen MR) is 49.9 cm³/mol. The number of carbonyl (C=O) groups excluding carboxylic acids is 1. The number of rotatable bonds is 2. The Bertz CT molecular complexity index is 326. The number of hydrogen-bond acceptors (Lipinski definition) is 6. The summed E-state index contributed by atoms with van der Waals surface area (Å²) in [6.45, 7) is 2.42. The standard InChI is InChI=1S/C7H8N2O2S2/c1-4-8-9-7(12-4)13-5-2-6(10)11-3-5/h5H,2-3H2,1H3. The molecule has 1 aromatic heterocycles. The Labute approximate surface area is 83.7 Å². The molecular weight excluding hydrogens is 208 g/mol. The van der Waals surface area contributed by atoms with Crippen molar-refractivity contribution >= 4 is 29.1 Å². The maximum absolute atomic E-state index is 10.8. The summed E-state index contributed by atoms with van der Waals surface area (Å²) in [4.78, 5) is 10.8. The summed E-state index contributed by atoms with van der Waals surface area (Å²) in [5.41, 5.74) is 0. The Morgan fingerprint density at radius 3 is 3.00 bits per heavy atom. The maximum atomic E-state index is 10.8. The number of aryl methyl sites for hydroxylation is 1. The number of carbonyl (C=O) groups is 1. The van der Waals surface area contributed by atoms with Crippen molar-refractivity contribution in [3.05, 3.63) is 5.01 Å². The third kappa shape index (κ3) is 2.19. The molecule has 1 aliphatic heterocycles. The van der Waals surface area contributed by atoms with Crippen molar-refractivity contribution in [2.24, 2.45) is 0 Å². The van der Waals surface area contributed by atoms with Crippen LogP contribution in [0.2, 0.25) is 0 Å². The molecule has 1 fully saturated rings. The van der Waals surface area contributed by atoms with E-state index in [2.05, 4.69) is 10.2 Å². The van der Waals surface area contributed by atoms with Gasteiger partial charge in [0.05, 0.1) is 11.7 Å². The molecule has 1 atom stereocenters. The minimum atomic E-state index is -0.112. The molecule has 1 aromatic rings. The molecule has 0 aliphatic carbocycles. The van der Waals surface area contributed by atoms with Crippen molar-refractivity contribution in [3.63, 3.8) is 0 Å². The first-order valence-corrected chi connectivity index (χ1v) is 5.56. The third-order valence-corrected chi connectivity index (χ3v) is 3.69. The molecule has 0 saturated carbocycles. The molecule has 1 saturated heterocycles. The average molecular weight is 216 g/mol. The molecule has 1 aliphatic rings. The van der Waals surface area contributed by atoms with E-state index in [9.17, 15) is 4.79 Å². The number of ether oxygens (including phenoxy) is 1. The molecule has 4 nitrogen and oxygen atoms in total.